The van der Waals surface area contributed by atoms with Crippen molar-refractivity contribution in [3.05, 3.63) is 29.8 Å². The van der Waals surface area contributed by atoms with Crippen LogP contribution in [0, 0.1) is 0 Å². The molecule has 0 unspecified atom stereocenters. The number of carbonyl (C=O) groups excluding carboxylic acids is 2. The number of ether oxygens (including phenoxy) is 1. The fourth-order valence-corrected chi connectivity index (χ4v) is 4.98. The van der Waals surface area contributed by atoms with Gasteiger partial charge in [0.2, 0.25) is 10.0 Å². The van der Waals surface area contributed by atoms with Crippen LogP contribution < -0.4 is 0 Å². The van der Waals surface area contributed by atoms with Gasteiger partial charge in [-0.15, -0.1) is 0 Å². The van der Waals surface area contributed by atoms with E-state index in [4.69, 9.17) is 4.74 Å². The molecule has 142 valence electrons. The van der Waals surface area contributed by atoms with Crippen LogP contribution in [0.25, 0.3) is 0 Å². The van der Waals surface area contributed by atoms with Crippen molar-refractivity contribution >= 4 is 21.8 Å². The highest BCUT2D eigenvalue weighted by molar-refractivity contribution is 7.89. The molecule has 1 saturated carbocycles. The van der Waals surface area contributed by atoms with E-state index in [-0.39, 0.29) is 16.2 Å². The van der Waals surface area contributed by atoms with Crippen molar-refractivity contribution in [2.75, 3.05) is 13.1 Å². The predicted molar refractivity (Wildman–Crippen MR) is 96.3 cm³/mol. The van der Waals surface area contributed by atoms with Gasteiger partial charge in [0.1, 0.15) is 0 Å². The van der Waals surface area contributed by atoms with Gasteiger partial charge in [0.25, 0.3) is 0 Å². The smallest absolute Gasteiger partial charge is 0.338 e. The maximum atomic E-state index is 12.7. The third-order valence-electron chi connectivity index (χ3n) is 5.04. The van der Waals surface area contributed by atoms with Gasteiger partial charge in [-0.1, -0.05) is 12.8 Å². The summed E-state index contributed by atoms with van der Waals surface area (Å²) in [6.07, 6.45) is 5.91. The Morgan fingerprint density at radius 2 is 1.62 bits per heavy atom. The van der Waals surface area contributed by atoms with Gasteiger partial charge in [-0.05, 0) is 56.4 Å². The summed E-state index contributed by atoms with van der Waals surface area (Å²) in [4.78, 5) is 24.2. The quantitative estimate of drug-likeness (QED) is 0.752. The van der Waals surface area contributed by atoms with E-state index < -0.39 is 22.1 Å². The molecule has 1 aromatic rings. The molecule has 0 N–H and O–H groups in total. The molecule has 6 nitrogen and oxygen atoms in total. The molecule has 1 atom stereocenters. The average molecular weight is 379 g/mol. The molecule has 0 bridgehead atoms. The Morgan fingerprint density at radius 3 is 2.23 bits per heavy atom. The number of rotatable bonds is 4. The summed E-state index contributed by atoms with van der Waals surface area (Å²) in [5.41, 5.74) is 0.262. The first kappa shape index (κ1) is 19.0. The number of sulfonamides is 1. The zero-order valence-corrected chi connectivity index (χ0v) is 15.7. The van der Waals surface area contributed by atoms with E-state index in [1.165, 1.54) is 28.6 Å². The van der Waals surface area contributed by atoms with Gasteiger partial charge in [-0.25, -0.2) is 13.2 Å². The fraction of sp³-hybridized carbons (Fsp3) is 0.579. The lowest BCUT2D eigenvalue weighted by atomic mass is 9.96. The molecule has 2 fully saturated rings. The lowest BCUT2D eigenvalue weighted by molar-refractivity contribution is -0.129. The lowest BCUT2D eigenvalue weighted by Gasteiger charge is -2.21. The maximum absolute atomic E-state index is 12.7. The Morgan fingerprint density at radius 1 is 0.962 bits per heavy atom. The van der Waals surface area contributed by atoms with Crippen molar-refractivity contribution in [1.82, 2.24) is 4.31 Å². The third-order valence-corrected chi connectivity index (χ3v) is 6.95. The molecule has 0 spiro atoms. The lowest BCUT2D eigenvalue weighted by Crippen LogP contribution is -2.32. The second kappa shape index (κ2) is 8.31. The second-order valence-electron chi connectivity index (χ2n) is 6.95. The van der Waals surface area contributed by atoms with E-state index in [9.17, 15) is 18.0 Å². The largest absolute Gasteiger partial charge is 0.451 e. The Balaban J connectivity index is 1.69. The minimum atomic E-state index is -3.54. The summed E-state index contributed by atoms with van der Waals surface area (Å²) in [5, 5.41) is 0. The highest BCUT2D eigenvalue weighted by Crippen LogP contribution is 2.22. The molecule has 1 aliphatic heterocycles. The number of nitrogens with zero attached hydrogens (tertiary/aromatic N) is 1. The van der Waals surface area contributed by atoms with Crippen molar-refractivity contribution < 1.29 is 22.7 Å². The molecule has 0 radical (unpaired) electrons. The van der Waals surface area contributed by atoms with E-state index >= 15 is 0 Å². The number of Topliss-reactive ketones (excluding diaryl/α,β-unsaturated/α-hetero) is 1. The normalized spacial score (nSPS) is 22.6. The van der Waals surface area contributed by atoms with Crippen LogP contribution in [-0.2, 0) is 19.6 Å². The summed E-state index contributed by atoms with van der Waals surface area (Å²) in [5.74, 6) is -0.617. The first-order valence-corrected chi connectivity index (χ1v) is 10.8. The summed E-state index contributed by atoms with van der Waals surface area (Å²) < 4.78 is 32.3. The Hall–Kier alpha value is -1.73. The monoisotopic (exact) mass is 379 g/mol. The van der Waals surface area contributed by atoms with Gasteiger partial charge < -0.3 is 4.74 Å². The molecular weight excluding hydrogens is 354 g/mol. The van der Waals surface area contributed by atoms with E-state index in [1.54, 1.807) is 0 Å². The van der Waals surface area contributed by atoms with Gasteiger partial charge in [-0.3, -0.25) is 4.79 Å². The summed E-state index contributed by atoms with van der Waals surface area (Å²) in [7, 11) is -3.54. The van der Waals surface area contributed by atoms with Crippen LogP contribution >= 0.6 is 0 Å². The number of hydrogen-bond acceptors (Lipinski definition) is 5. The van der Waals surface area contributed by atoms with Crippen molar-refractivity contribution in [1.29, 1.82) is 0 Å². The van der Waals surface area contributed by atoms with Gasteiger partial charge in [0, 0.05) is 19.5 Å². The second-order valence-corrected chi connectivity index (χ2v) is 8.89. The topological polar surface area (TPSA) is 80.8 Å². The number of benzene rings is 1. The number of esters is 1. The third kappa shape index (κ3) is 4.32. The van der Waals surface area contributed by atoms with Crippen LogP contribution in [0.3, 0.4) is 0 Å². The van der Waals surface area contributed by atoms with Gasteiger partial charge >= 0.3 is 5.97 Å². The Labute approximate surface area is 154 Å². The molecule has 1 aromatic carbocycles. The highest BCUT2D eigenvalue weighted by Gasteiger charge is 2.28. The molecule has 2 aliphatic rings. The van der Waals surface area contributed by atoms with Gasteiger partial charge in [0.15, 0.2) is 11.9 Å². The molecule has 7 heteroatoms. The van der Waals surface area contributed by atoms with Crippen molar-refractivity contribution in [2.45, 2.75) is 62.4 Å². The first-order chi connectivity index (χ1) is 12.5. The number of carbonyl (C=O) groups is 2. The van der Waals surface area contributed by atoms with Gasteiger partial charge in [-0.2, -0.15) is 4.31 Å². The van der Waals surface area contributed by atoms with Crippen LogP contribution in [0.15, 0.2) is 29.2 Å². The molecule has 1 aliphatic carbocycles. The van der Waals surface area contributed by atoms with E-state index in [1.807, 2.05) is 0 Å². The molecule has 0 amide bonds. The molecule has 0 aromatic heterocycles. The molecule has 1 saturated heterocycles. The zero-order chi connectivity index (χ0) is 18.6. The van der Waals surface area contributed by atoms with Crippen LogP contribution in [0.2, 0.25) is 0 Å². The number of ketones is 1. The highest BCUT2D eigenvalue weighted by atomic mass is 32.2. The van der Waals surface area contributed by atoms with Crippen LogP contribution in [0.1, 0.15) is 61.7 Å². The first-order valence-electron chi connectivity index (χ1n) is 9.32. The van der Waals surface area contributed by atoms with Crippen LogP contribution in [0.4, 0.5) is 0 Å². The maximum Gasteiger partial charge on any atom is 0.338 e. The van der Waals surface area contributed by atoms with E-state index in [0.717, 1.165) is 38.5 Å². The van der Waals surface area contributed by atoms with Gasteiger partial charge in [0.05, 0.1) is 10.5 Å². The van der Waals surface area contributed by atoms with Crippen molar-refractivity contribution in [3.8, 4) is 0 Å². The van der Waals surface area contributed by atoms with Crippen LogP contribution in [-0.4, -0.2) is 43.7 Å². The molecule has 1 heterocycles. The zero-order valence-electron chi connectivity index (χ0n) is 14.9. The molecule has 3 rings (SSSR count). The van der Waals surface area contributed by atoms with Crippen molar-refractivity contribution in [3.63, 3.8) is 0 Å². The van der Waals surface area contributed by atoms with Crippen LogP contribution in [0.5, 0.6) is 0 Å². The Kier molecular flexibility index (Phi) is 6.09. The van der Waals surface area contributed by atoms with Crippen molar-refractivity contribution in [2.24, 2.45) is 0 Å². The fourth-order valence-electron chi connectivity index (χ4n) is 3.47. The van der Waals surface area contributed by atoms with E-state index in [0.29, 0.717) is 25.9 Å². The summed E-state index contributed by atoms with van der Waals surface area (Å²) >= 11 is 0. The SMILES string of the molecule is O=C(O[C@@H]1CCCCC1=O)c1ccc(S(=O)(=O)N2CCCCCC2)cc1. The standard InChI is InChI=1S/C19H25NO5S/c21-17-7-3-4-8-18(17)25-19(22)15-9-11-16(12-10-15)26(23,24)20-13-5-1-2-6-14-20/h9-12,18H,1-8,13-14H2/t18-/m1/s1. The number of hydrogen-bond donors (Lipinski definition) is 0. The minimum absolute atomic E-state index is 0.0371. The molecular formula is C19H25NO5S. The minimum Gasteiger partial charge on any atom is -0.451 e. The summed E-state index contributed by atoms with van der Waals surface area (Å²) in [6, 6.07) is 5.81. The van der Waals surface area contributed by atoms with E-state index in [2.05, 4.69) is 0 Å². The Bertz CT molecular complexity index is 749. The average Bonchev–Trinajstić information content (AvgIpc) is 2.94. The molecule has 26 heavy (non-hydrogen) atoms. The summed E-state index contributed by atoms with van der Waals surface area (Å²) in [6.45, 7) is 1.08. The predicted octanol–water partition coefficient (Wildman–Crippen LogP) is 2.92.